The summed E-state index contributed by atoms with van der Waals surface area (Å²) in [6.45, 7) is 2.19. The molecule has 0 spiro atoms. The number of hydrogen-bond donors (Lipinski definition) is 0. The summed E-state index contributed by atoms with van der Waals surface area (Å²) in [7, 11) is 0. The fraction of sp³-hybridized carbons (Fsp3) is 0.222. The Kier molecular flexibility index (Phi) is 5.07. The number of halogens is 2. The molecule has 0 aliphatic heterocycles. The van der Waals surface area contributed by atoms with Crippen LogP contribution in [0, 0.1) is 6.92 Å². The predicted octanol–water partition coefficient (Wildman–Crippen LogP) is 4.02. The van der Waals surface area contributed by atoms with Crippen LogP contribution in [0.4, 0.5) is 0 Å². The molecule has 24 heavy (non-hydrogen) atoms. The molecular formula is C18H16Cl2N2O2. The number of aromatic nitrogens is 2. The monoisotopic (exact) mass is 362 g/mol. The summed E-state index contributed by atoms with van der Waals surface area (Å²) in [6.07, 6.45) is 2.19. The third kappa shape index (κ3) is 3.40. The van der Waals surface area contributed by atoms with Gasteiger partial charge in [-0.2, -0.15) is 0 Å². The lowest BCUT2D eigenvalue weighted by Gasteiger charge is -2.12. The Hall–Kier alpha value is -2.04. The van der Waals surface area contributed by atoms with Crippen molar-refractivity contribution in [3.63, 3.8) is 0 Å². The summed E-state index contributed by atoms with van der Waals surface area (Å²) in [6, 6.07) is 11.0. The minimum absolute atomic E-state index is 0.102. The van der Waals surface area contributed by atoms with Crippen molar-refractivity contribution in [3.8, 4) is 5.75 Å². The fourth-order valence-corrected chi connectivity index (χ4v) is 2.83. The van der Waals surface area contributed by atoms with E-state index in [1.165, 1.54) is 4.40 Å². The van der Waals surface area contributed by atoms with Crippen LogP contribution in [-0.2, 0) is 13.0 Å². The fourth-order valence-electron chi connectivity index (χ4n) is 2.52. The number of ether oxygens (including phenoxy) is 1. The number of pyridine rings is 1. The van der Waals surface area contributed by atoms with E-state index in [9.17, 15) is 4.79 Å². The van der Waals surface area contributed by atoms with Gasteiger partial charge in [-0.3, -0.25) is 9.20 Å². The van der Waals surface area contributed by atoms with Gasteiger partial charge in [0, 0.05) is 28.4 Å². The third-order valence-electron chi connectivity index (χ3n) is 3.77. The largest absolute Gasteiger partial charge is 0.485 e. The highest BCUT2D eigenvalue weighted by Gasteiger charge is 2.12. The molecule has 0 radical (unpaired) electrons. The van der Waals surface area contributed by atoms with E-state index in [1.54, 1.807) is 18.3 Å². The van der Waals surface area contributed by atoms with Gasteiger partial charge in [0.15, 0.2) is 11.4 Å². The molecule has 4 nitrogen and oxygen atoms in total. The molecule has 0 N–H and O–H groups in total. The molecular weight excluding hydrogens is 347 g/mol. The van der Waals surface area contributed by atoms with Crippen LogP contribution in [0.5, 0.6) is 5.75 Å². The number of alkyl halides is 1. The Bertz CT molecular complexity index is 921. The van der Waals surface area contributed by atoms with Crippen LogP contribution in [0.3, 0.4) is 0 Å². The topological polar surface area (TPSA) is 43.6 Å². The first-order valence-corrected chi connectivity index (χ1v) is 8.45. The first-order chi connectivity index (χ1) is 11.6. The molecule has 0 unspecified atom stereocenters. The molecule has 0 atom stereocenters. The smallest absolute Gasteiger partial charge is 0.261 e. The molecule has 0 amide bonds. The van der Waals surface area contributed by atoms with E-state index < -0.39 is 0 Å². The molecule has 1 aromatic carbocycles. The summed E-state index contributed by atoms with van der Waals surface area (Å²) in [5.41, 5.74) is 2.71. The molecule has 0 aliphatic rings. The van der Waals surface area contributed by atoms with E-state index in [0.29, 0.717) is 46.6 Å². The molecule has 0 saturated carbocycles. The van der Waals surface area contributed by atoms with E-state index in [1.807, 2.05) is 31.2 Å². The Labute approximate surface area is 149 Å². The molecule has 6 heteroatoms. The SMILES string of the molecule is Cc1nc2c(OCc3ccc(Cl)cc3)cccn2c(=O)c1CCCl. The number of nitrogens with zero attached hydrogens (tertiary/aromatic N) is 2. The average molecular weight is 363 g/mol. The van der Waals surface area contributed by atoms with Gasteiger partial charge in [-0.05, 0) is 43.2 Å². The third-order valence-corrected chi connectivity index (χ3v) is 4.21. The van der Waals surface area contributed by atoms with Crippen LogP contribution in [0.2, 0.25) is 5.02 Å². The zero-order valence-electron chi connectivity index (χ0n) is 13.1. The molecule has 3 rings (SSSR count). The lowest BCUT2D eigenvalue weighted by molar-refractivity contribution is 0.308. The highest BCUT2D eigenvalue weighted by molar-refractivity contribution is 6.30. The van der Waals surface area contributed by atoms with Crippen LogP contribution in [0.1, 0.15) is 16.8 Å². The van der Waals surface area contributed by atoms with Gasteiger partial charge < -0.3 is 4.74 Å². The molecule has 3 aromatic rings. The van der Waals surface area contributed by atoms with Crippen LogP contribution in [0.15, 0.2) is 47.4 Å². The zero-order chi connectivity index (χ0) is 17.1. The summed E-state index contributed by atoms with van der Waals surface area (Å²) < 4.78 is 7.37. The van der Waals surface area contributed by atoms with Crippen LogP contribution in [-0.4, -0.2) is 15.3 Å². The van der Waals surface area contributed by atoms with Crippen LogP contribution in [0.25, 0.3) is 5.65 Å². The minimum Gasteiger partial charge on any atom is -0.485 e. The quantitative estimate of drug-likeness (QED) is 0.643. The molecule has 124 valence electrons. The lowest BCUT2D eigenvalue weighted by atomic mass is 10.2. The van der Waals surface area contributed by atoms with E-state index in [2.05, 4.69) is 4.98 Å². The van der Waals surface area contributed by atoms with Gasteiger partial charge in [0.25, 0.3) is 5.56 Å². The maximum absolute atomic E-state index is 12.6. The Balaban J connectivity index is 1.96. The van der Waals surface area contributed by atoms with Crippen LogP contribution < -0.4 is 10.3 Å². The molecule has 2 heterocycles. The zero-order valence-corrected chi connectivity index (χ0v) is 14.6. The van der Waals surface area contributed by atoms with Gasteiger partial charge in [0.05, 0.1) is 0 Å². The Morgan fingerprint density at radius 3 is 2.67 bits per heavy atom. The second kappa shape index (κ2) is 7.24. The summed E-state index contributed by atoms with van der Waals surface area (Å²) in [4.78, 5) is 17.1. The first-order valence-electron chi connectivity index (χ1n) is 7.54. The van der Waals surface area contributed by atoms with Crippen molar-refractivity contribution in [2.75, 3.05) is 5.88 Å². The van der Waals surface area contributed by atoms with Gasteiger partial charge in [0.2, 0.25) is 0 Å². The van der Waals surface area contributed by atoms with Crippen molar-refractivity contribution in [2.45, 2.75) is 20.0 Å². The molecule has 0 bridgehead atoms. The summed E-state index contributed by atoms with van der Waals surface area (Å²) in [5.74, 6) is 0.946. The number of rotatable bonds is 5. The molecule has 0 saturated heterocycles. The first kappa shape index (κ1) is 16.8. The van der Waals surface area contributed by atoms with Crippen molar-refractivity contribution < 1.29 is 4.74 Å². The van der Waals surface area contributed by atoms with E-state index >= 15 is 0 Å². The standard InChI is InChI=1S/C18H16Cl2N2O2/c1-12-15(8-9-19)18(23)22-10-2-3-16(17(22)21-12)24-11-13-4-6-14(20)7-5-13/h2-7,10H,8-9,11H2,1H3. The molecule has 0 fully saturated rings. The minimum atomic E-state index is -0.102. The maximum Gasteiger partial charge on any atom is 0.261 e. The van der Waals surface area contributed by atoms with Crippen molar-refractivity contribution >= 4 is 28.8 Å². The molecule has 0 aliphatic carbocycles. The number of benzene rings is 1. The van der Waals surface area contributed by atoms with Crippen molar-refractivity contribution in [1.82, 2.24) is 9.38 Å². The summed E-state index contributed by atoms with van der Waals surface area (Å²) in [5, 5.41) is 0.680. The maximum atomic E-state index is 12.6. The lowest BCUT2D eigenvalue weighted by Crippen LogP contribution is -2.22. The Morgan fingerprint density at radius 1 is 1.21 bits per heavy atom. The van der Waals surface area contributed by atoms with Crippen molar-refractivity contribution in [3.05, 3.63) is 74.8 Å². The number of aryl methyl sites for hydroxylation is 1. The Morgan fingerprint density at radius 2 is 1.96 bits per heavy atom. The summed E-state index contributed by atoms with van der Waals surface area (Å²) >= 11 is 11.7. The van der Waals surface area contributed by atoms with Gasteiger partial charge in [-0.25, -0.2) is 4.98 Å². The average Bonchev–Trinajstić information content (AvgIpc) is 2.58. The highest BCUT2D eigenvalue weighted by Crippen LogP contribution is 2.19. The van der Waals surface area contributed by atoms with Crippen molar-refractivity contribution in [1.29, 1.82) is 0 Å². The van der Waals surface area contributed by atoms with E-state index in [4.69, 9.17) is 27.9 Å². The van der Waals surface area contributed by atoms with Gasteiger partial charge in [-0.15, -0.1) is 11.6 Å². The highest BCUT2D eigenvalue weighted by atomic mass is 35.5. The van der Waals surface area contributed by atoms with Gasteiger partial charge >= 0.3 is 0 Å². The second-order valence-electron chi connectivity index (χ2n) is 5.40. The predicted molar refractivity (Wildman–Crippen MR) is 96.4 cm³/mol. The van der Waals surface area contributed by atoms with Crippen molar-refractivity contribution in [2.24, 2.45) is 0 Å². The molecule has 2 aromatic heterocycles. The number of hydrogen-bond acceptors (Lipinski definition) is 3. The number of fused-ring (bicyclic) bond motifs is 1. The van der Waals surface area contributed by atoms with Gasteiger partial charge in [-0.1, -0.05) is 23.7 Å². The normalized spacial score (nSPS) is 11.0. The van der Waals surface area contributed by atoms with E-state index in [-0.39, 0.29) is 5.56 Å². The van der Waals surface area contributed by atoms with Crippen LogP contribution >= 0.6 is 23.2 Å². The van der Waals surface area contributed by atoms with E-state index in [0.717, 1.165) is 5.56 Å². The van der Waals surface area contributed by atoms with Gasteiger partial charge in [0.1, 0.15) is 6.61 Å². The second-order valence-corrected chi connectivity index (χ2v) is 6.22.